The van der Waals surface area contributed by atoms with Crippen LogP contribution in [0.1, 0.15) is 29.2 Å². The fourth-order valence-corrected chi connectivity index (χ4v) is 3.03. The second-order valence-electron chi connectivity index (χ2n) is 5.87. The molecule has 1 aromatic heterocycles. The van der Waals surface area contributed by atoms with Gasteiger partial charge in [0.25, 0.3) is 5.91 Å². The Morgan fingerprint density at radius 1 is 1.25 bits per heavy atom. The molecule has 1 amide bonds. The Labute approximate surface area is 142 Å². The highest BCUT2D eigenvalue weighted by Crippen LogP contribution is 2.26. The highest BCUT2D eigenvalue weighted by molar-refractivity contribution is 5.97. The maximum atomic E-state index is 12.8. The molecule has 0 bridgehead atoms. The van der Waals surface area contributed by atoms with Crippen LogP contribution in [0.4, 0.5) is 0 Å². The van der Waals surface area contributed by atoms with Crippen molar-refractivity contribution in [3.05, 3.63) is 48.5 Å². The number of likely N-dealkylation sites (tertiary alicyclic amines) is 1. The molecule has 24 heavy (non-hydrogen) atoms. The second-order valence-corrected chi connectivity index (χ2v) is 5.87. The third-order valence-corrected chi connectivity index (χ3v) is 4.36. The summed E-state index contributed by atoms with van der Waals surface area (Å²) in [5, 5.41) is 0. The highest BCUT2D eigenvalue weighted by Gasteiger charge is 2.25. The number of hydrogen-bond acceptors (Lipinski definition) is 4. The van der Waals surface area contributed by atoms with E-state index < -0.39 is 0 Å². The van der Waals surface area contributed by atoms with Crippen LogP contribution in [0.2, 0.25) is 0 Å². The fourth-order valence-electron chi connectivity index (χ4n) is 3.03. The van der Waals surface area contributed by atoms with Gasteiger partial charge in [0, 0.05) is 38.6 Å². The van der Waals surface area contributed by atoms with Gasteiger partial charge in [0.15, 0.2) is 0 Å². The van der Waals surface area contributed by atoms with Gasteiger partial charge in [-0.15, -0.1) is 0 Å². The SMILES string of the molecule is COCCOc1ccccc1C(=O)N1CCC(n2ccnc2)CC1. The van der Waals surface area contributed by atoms with Crippen LogP contribution in [0.15, 0.2) is 43.0 Å². The molecule has 1 aliphatic rings. The van der Waals surface area contributed by atoms with Gasteiger partial charge in [-0.05, 0) is 25.0 Å². The first-order valence-electron chi connectivity index (χ1n) is 8.27. The van der Waals surface area contributed by atoms with Gasteiger partial charge in [-0.25, -0.2) is 4.98 Å². The number of aromatic nitrogens is 2. The average molecular weight is 329 g/mol. The zero-order valence-corrected chi connectivity index (χ0v) is 13.9. The summed E-state index contributed by atoms with van der Waals surface area (Å²) in [7, 11) is 1.63. The summed E-state index contributed by atoms with van der Waals surface area (Å²) >= 11 is 0. The van der Waals surface area contributed by atoms with Crippen molar-refractivity contribution in [1.82, 2.24) is 14.5 Å². The molecule has 6 heteroatoms. The standard InChI is InChI=1S/C18H23N3O3/c1-23-12-13-24-17-5-3-2-4-16(17)18(22)20-9-6-15(7-10-20)21-11-8-19-14-21/h2-5,8,11,14-15H,6-7,9-10,12-13H2,1H3. The van der Waals surface area contributed by atoms with Crippen LogP contribution in [-0.4, -0.2) is 53.8 Å². The maximum Gasteiger partial charge on any atom is 0.257 e. The quantitative estimate of drug-likeness (QED) is 0.764. The number of amides is 1. The van der Waals surface area contributed by atoms with Crippen LogP contribution >= 0.6 is 0 Å². The van der Waals surface area contributed by atoms with Crippen molar-refractivity contribution in [2.45, 2.75) is 18.9 Å². The number of piperidine rings is 1. The topological polar surface area (TPSA) is 56.6 Å². The van der Waals surface area contributed by atoms with Crippen LogP contribution in [-0.2, 0) is 4.74 Å². The van der Waals surface area contributed by atoms with Crippen molar-refractivity contribution in [1.29, 1.82) is 0 Å². The molecule has 3 rings (SSSR count). The molecule has 1 aliphatic heterocycles. The van der Waals surface area contributed by atoms with E-state index in [9.17, 15) is 4.79 Å². The van der Waals surface area contributed by atoms with Gasteiger partial charge >= 0.3 is 0 Å². The van der Waals surface area contributed by atoms with E-state index in [4.69, 9.17) is 9.47 Å². The Morgan fingerprint density at radius 3 is 2.75 bits per heavy atom. The van der Waals surface area contributed by atoms with Gasteiger partial charge in [0.2, 0.25) is 0 Å². The van der Waals surface area contributed by atoms with E-state index in [1.165, 1.54) is 0 Å². The Balaban J connectivity index is 1.63. The number of carbonyl (C=O) groups excluding carboxylic acids is 1. The first kappa shape index (κ1) is 16.5. The minimum atomic E-state index is 0.0343. The van der Waals surface area contributed by atoms with E-state index >= 15 is 0 Å². The first-order valence-corrected chi connectivity index (χ1v) is 8.27. The van der Waals surface area contributed by atoms with Crippen molar-refractivity contribution < 1.29 is 14.3 Å². The van der Waals surface area contributed by atoms with E-state index in [0.29, 0.717) is 30.6 Å². The van der Waals surface area contributed by atoms with E-state index in [0.717, 1.165) is 25.9 Å². The normalized spacial score (nSPS) is 15.5. The molecule has 1 aromatic carbocycles. The molecular weight excluding hydrogens is 306 g/mol. The van der Waals surface area contributed by atoms with E-state index in [2.05, 4.69) is 9.55 Å². The lowest BCUT2D eigenvalue weighted by atomic mass is 10.0. The number of hydrogen-bond donors (Lipinski definition) is 0. The smallest absolute Gasteiger partial charge is 0.257 e. The van der Waals surface area contributed by atoms with Crippen molar-refractivity contribution in [3.63, 3.8) is 0 Å². The number of nitrogens with zero attached hydrogens (tertiary/aromatic N) is 3. The first-order chi connectivity index (χ1) is 11.8. The third kappa shape index (κ3) is 3.76. The predicted molar refractivity (Wildman–Crippen MR) is 90.2 cm³/mol. The van der Waals surface area contributed by atoms with Crippen LogP contribution < -0.4 is 4.74 Å². The number of rotatable bonds is 6. The largest absolute Gasteiger partial charge is 0.490 e. The number of para-hydroxylation sites is 1. The molecule has 0 unspecified atom stereocenters. The average Bonchev–Trinajstić information content (AvgIpc) is 3.17. The van der Waals surface area contributed by atoms with E-state index in [1.807, 2.05) is 41.7 Å². The van der Waals surface area contributed by atoms with Gasteiger partial charge in [0.05, 0.1) is 18.5 Å². The summed E-state index contributed by atoms with van der Waals surface area (Å²) in [6, 6.07) is 7.83. The van der Waals surface area contributed by atoms with Gasteiger partial charge in [-0.2, -0.15) is 0 Å². The summed E-state index contributed by atoms with van der Waals surface area (Å²) in [5.74, 6) is 0.656. The molecule has 6 nitrogen and oxygen atoms in total. The Kier molecular flexibility index (Phi) is 5.48. The van der Waals surface area contributed by atoms with Gasteiger partial charge in [-0.3, -0.25) is 4.79 Å². The zero-order valence-electron chi connectivity index (χ0n) is 13.9. The van der Waals surface area contributed by atoms with Crippen molar-refractivity contribution >= 4 is 5.91 Å². The highest BCUT2D eigenvalue weighted by atomic mass is 16.5. The summed E-state index contributed by atoms with van der Waals surface area (Å²) in [4.78, 5) is 18.9. The van der Waals surface area contributed by atoms with Crippen LogP contribution in [0, 0.1) is 0 Å². The molecule has 128 valence electrons. The number of carbonyl (C=O) groups is 1. The van der Waals surface area contributed by atoms with Gasteiger partial charge < -0.3 is 18.9 Å². The monoisotopic (exact) mass is 329 g/mol. The molecule has 0 aliphatic carbocycles. The number of imidazole rings is 1. The summed E-state index contributed by atoms with van der Waals surface area (Å²) in [6.45, 7) is 2.42. The summed E-state index contributed by atoms with van der Waals surface area (Å²) in [5.41, 5.74) is 0.620. The van der Waals surface area contributed by atoms with E-state index in [-0.39, 0.29) is 5.91 Å². The lowest BCUT2D eigenvalue weighted by molar-refractivity contribution is 0.0688. The zero-order chi connectivity index (χ0) is 16.8. The van der Waals surface area contributed by atoms with Crippen LogP contribution in [0.25, 0.3) is 0 Å². The van der Waals surface area contributed by atoms with Crippen molar-refractivity contribution in [2.24, 2.45) is 0 Å². The third-order valence-electron chi connectivity index (χ3n) is 4.36. The molecule has 0 N–H and O–H groups in total. The fraction of sp³-hybridized carbons (Fsp3) is 0.444. The number of ether oxygens (including phenoxy) is 2. The van der Waals surface area contributed by atoms with Gasteiger partial charge in [-0.1, -0.05) is 12.1 Å². The van der Waals surface area contributed by atoms with Crippen molar-refractivity contribution in [3.8, 4) is 5.75 Å². The molecule has 2 aromatic rings. The molecule has 2 heterocycles. The maximum absolute atomic E-state index is 12.8. The predicted octanol–water partition coefficient (Wildman–Crippen LogP) is 2.39. The molecular formula is C18H23N3O3. The minimum absolute atomic E-state index is 0.0343. The molecule has 0 radical (unpaired) electrons. The lowest BCUT2D eigenvalue weighted by Gasteiger charge is -2.32. The molecule has 1 fully saturated rings. The van der Waals surface area contributed by atoms with Crippen molar-refractivity contribution in [2.75, 3.05) is 33.4 Å². The molecule has 0 atom stereocenters. The minimum Gasteiger partial charge on any atom is -0.490 e. The number of methoxy groups -OCH3 is 1. The Bertz CT molecular complexity index is 649. The van der Waals surface area contributed by atoms with Crippen LogP contribution in [0.5, 0.6) is 5.75 Å². The van der Waals surface area contributed by atoms with Gasteiger partial charge in [0.1, 0.15) is 12.4 Å². The Morgan fingerprint density at radius 2 is 2.04 bits per heavy atom. The Hall–Kier alpha value is -2.34. The molecule has 0 saturated carbocycles. The lowest BCUT2D eigenvalue weighted by Crippen LogP contribution is -2.39. The summed E-state index contributed by atoms with van der Waals surface area (Å²) < 4.78 is 12.8. The second kappa shape index (κ2) is 7.97. The van der Waals surface area contributed by atoms with E-state index in [1.54, 1.807) is 13.3 Å². The summed E-state index contributed by atoms with van der Waals surface area (Å²) in [6.07, 6.45) is 7.51. The molecule has 0 spiro atoms. The number of benzene rings is 1. The van der Waals surface area contributed by atoms with Crippen LogP contribution in [0.3, 0.4) is 0 Å². The molecule has 1 saturated heterocycles.